The van der Waals surface area contributed by atoms with Crippen molar-refractivity contribution >= 4 is 11.3 Å². The Labute approximate surface area is 99.1 Å². The normalized spacial score (nSPS) is 12.9. The molecule has 0 spiro atoms. The van der Waals surface area contributed by atoms with Gasteiger partial charge in [0.1, 0.15) is 0 Å². The van der Waals surface area contributed by atoms with Gasteiger partial charge in [0.15, 0.2) is 0 Å². The van der Waals surface area contributed by atoms with Crippen molar-refractivity contribution in [2.45, 2.75) is 19.4 Å². The lowest BCUT2D eigenvalue weighted by Crippen LogP contribution is -2.30. The summed E-state index contributed by atoms with van der Waals surface area (Å²) in [7, 11) is 1.95. The molecule has 3 N–H and O–H groups in total. The van der Waals surface area contributed by atoms with Gasteiger partial charge in [0.05, 0.1) is 17.4 Å². The van der Waals surface area contributed by atoms with Crippen LogP contribution < -0.4 is 11.3 Å². The Balaban J connectivity index is 2.37. The number of aryl methyl sites for hydroxylation is 2. The number of aromatic nitrogens is 2. The van der Waals surface area contributed by atoms with Crippen LogP contribution in [0.15, 0.2) is 22.9 Å². The van der Waals surface area contributed by atoms with Gasteiger partial charge in [-0.3, -0.25) is 10.5 Å². The lowest BCUT2D eigenvalue weighted by atomic mass is 10.1. The molecule has 0 radical (unpaired) electrons. The fourth-order valence-electron chi connectivity index (χ4n) is 1.78. The molecule has 2 aromatic rings. The van der Waals surface area contributed by atoms with Crippen LogP contribution in [0.5, 0.6) is 0 Å². The molecule has 2 rings (SSSR count). The molecule has 0 aromatic carbocycles. The monoisotopic (exact) mass is 236 g/mol. The van der Waals surface area contributed by atoms with Crippen molar-refractivity contribution in [1.82, 2.24) is 15.2 Å². The van der Waals surface area contributed by atoms with Crippen molar-refractivity contribution < 1.29 is 0 Å². The zero-order valence-corrected chi connectivity index (χ0v) is 10.3. The number of rotatable bonds is 4. The largest absolute Gasteiger partial charge is 0.271 e. The minimum absolute atomic E-state index is 0.0176. The average molecular weight is 236 g/mol. The summed E-state index contributed by atoms with van der Waals surface area (Å²) < 4.78 is 1.89. The van der Waals surface area contributed by atoms with Gasteiger partial charge in [-0.1, -0.05) is 6.92 Å². The van der Waals surface area contributed by atoms with Crippen LogP contribution in [0.2, 0.25) is 0 Å². The quantitative estimate of drug-likeness (QED) is 0.626. The topological polar surface area (TPSA) is 55.9 Å². The number of nitrogens with two attached hydrogens (primary N) is 1. The van der Waals surface area contributed by atoms with Gasteiger partial charge in [-0.05, 0) is 34.9 Å². The zero-order valence-electron chi connectivity index (χ0n) is 9.47. The Kier molecular flexibility index (Phi) is 3.38. The fraction of sp³-hybridized carbons (Fsp3) is 0.364. The van der Waals surface area contributed by atoms with E-state index < -0.39 is 0 Å². The SMILES string of the molecule is CCc1cc(C(NN)c2ccsc2)n(C)n1. The Bertz CT molecular complexity index is 447. The first-order valence-corrected chi connectivity index (χ1v) is 6.21. The molecule has 86 valence electrons. The Morgan fingerprint density at radius 3 is 2.94 bits per heavy atom. The first-order valence-electron chi connectivity index (χ1n) is 5.27. The lowest BCUT2D eigenvalue weighted by molar-refractivity contribution is 0.575. The molecule has 0 aliphatic rings. The van der Waals surface area contributed by atoms with Gasteiger partial charge in [-0.15, -0.1) is 0 Å². The number of hydrazine groups is 1. The summed E-state index contributed by atoms with van der Waals surface area (Å²) in [5.74, 6) is 5.63. The second-order valence-electron chi connectivity index (χ2n) is 3.69. The first-order chi connectivity index (χ1) is 7.76. The van der Waals surface area contributed by atoms with E-state index >= 15 is 0 Å². The van der Waals surface area contributed by atoms with E-state index in [1.54, 1.807) is 11.3 Å². The van der Waals surface area contributed by atoms with E-state index in [-0.39, 0.29) is 6.04 Å². The van der Waals surface area contributed by atoms with E-state index in [0.29, 0.717) is 0 Å². The number of nitrogens with one attached hydrogen (secondary N) is 1. The molecule has 0 aliphatic carbocycles. The minimum atomic E-state index is 0.0176. The molecule has 16 heavy (non-hydrogen) atoms. The summed E-state index contributed by atoms with van der Waals surface area (Å²) in [6.07, 6.45) is 0.939. The van der Waals surface area contributed by atoms with Crippen molar-refractivity contribution in [3.05, 3.63) is 39.8 Å². The first kappa shape index (κ1) is 11.3. The molecule has 2 aromatic heterocycles. The van der Waals surface area contributed by atoms with Crippen molar-refractivity contribution in [1.29, 1.82) is 0 Å². The minimum Gasteiger partial charge on any atom is -0.271 e. The van der Waals surface area contributed by atoms with Crippen LogP contribution in [0.3, 0.4) is 0 Å². The van der Waals surface area contributed by atoms with Crippen molar-refractivity contribution in [2.24, 2.45) is 12.9 Å². The van der Waals surface area contributed by atoms with Gasteiger partial charge in [0, 0.05) is 7.05 Å². The molecule has 1 atom stereocenters. The van der Waals surface area contributed by atoms with Crippen LogP contribution in [-0.4, -0.2) is 9.78 Å². The number of hydrogen-bond acceptors (Lipinski definition) is 4. The predicted octanol–water partition coefficient (Wildman–Crippen LogP) is 1.60. The van der Waals surface area contributed by atoms with Gasteiger partial charge in [-0.2, -0.15) is 16.4 Å². The highest BCUT2D eigenvalue weighted by molar-refractivity contribution is 7.08. The van der Waals surface area contributed by atoms with Crippen LogP contribution in [0, 0.1) is 0 Å². The van der Waals surface area contributed by atoms with Crippen LogP contribution in [0.25, 0.3) is 0 Å². The maximum atomic E-state index is 5.63. The average Bonchev–Trinajstić information content (AvgIpc) is 2.91. The summed E-state index contributed by atoms with van der Waals surface area (Å²) in [5.41, 5.74) is 6.21. The number of nitrogens with zero attached hydrogens (tertiary/aromatic N) is 2. The standard InChI is InChI=1S/C11H16N4S/c1-3-9-6-10(15(2)14-9)11(13-12)8-4-5-16-7-8/h4-7,11,13H,3,12H2,1-2H3. The molecule has 4 nitrogen and oxygen atoms in total. The third-order valence-corrected chi connectivity index (χ3v) is 3.37. The van der Waals surface area contributed by atoms with Crippen LogP contribution in [-0.2, 0) is 13.5 Å². The van der Waals surface area contributed by atoms with E-state index in [1.807, 2.05) is 11.7 Å². The van der Waals surface area contributed by atoms with Crippen molar-refractivity contribution in [2.75, 3.05) is 0 Å². The molecule has 0 amide bonds. The van der Waals surface area contributed by atoms with Crippen molar-refractivity contribution in [3.63, 3.8) is 0 Å². The van der Waals surface area contributed by atoms with Crippen LogP contribution in [0.4, 0.5) is 0 Å². The molecule has 0 fully saturated rings. The van der Waals surface area contributed by atoms with E-state index in [0.717, 1.165) is 17.8 Å². The van der Waals surface area contributed by atoms with Gasteiger partial charge < -0.3 is 0 Å². The summed E-state index contributed by atoms with van der Waals surface area (Å²) in [4.78, 5) is 0. The third kappa shape index (κ3) is 2.02. The molecule has 1 unspecified atom stereocenters. The van der Waals surface area contributed by atoms with E-state index in [9.17, 15) is 0 Å². The predicted molar refractivity (Wildman–Crippen MR) is 66.1 cm³/mol. The summed E-state index contributed by atoms with van der Waals surface area (Å²) in [5, 5.41) is 8.59. The zero-order chi connectivity index (χ0) is 11.5. The second-order valence-corrected chi connectivity index (χ2v) is 4.47. The van der Waals surface area contributed by atoms with Gasteiger partial charge >= 0.3 is 0 Å². The molecule has 0 bridgehead atoms. The Hall–Kier alpha value is -1.17. The maximum Gasteiger partial charge on any atom is 0.0886 e. The smallest absolute Gasteiger partial charge is 0.0886 e. The Morgan fingerprint density at radius 1 is 1.62 bits per heavy atom. The maximum absolute atomic E-state index is 5.63. The van der Waals surface area contributed by atoms with Crippen LogP contribution >= 0.6 is 11.3 Å². The Morgan fingerprint density at radius 2 is 2.44 bits per heavy atom. The summed E-state index contributed by atoms with van der Waals surface area (Å²) in [6, 6.07) is 4.19. The molecular weight excluding hydrogens is 220 g/mol. The van der Waals surface area contributed by atoms with E-state index in [1.165, 1.54) is 5.56 Å². The lowest BCUT2D eigenvalue weighted by Gasteiger charge is -2.14. The number of thiophene rings is 1. The van der Waals surface area contributed by atoms with Crippen LogP contribution in [0.1, 0.15) is 29.9 Å². The number of hydrogen-bond donors (Lipinski definition) is 2. The summed E-state index contributed by atoms with van der Waals surface area (Å²) in [6.45, 7) is 2.10. The van der Waals surface area contributed by atoms with Gasteiger partial charge in [0.25, 0.3) is 0 Å². The molecule has 0 saturated heterocycles. The second kappa shape index (κ2) is 4.78. The van der Waals surface area contributed by atoms with Gasteiger partial charge in [0.2, 0.25) is 0 Å². The summed E-state index contributed by atoms with van der Waals surface area (Å²) >= 11 is 1.67. The fourth-order valence-corrected chi connectivity index (χ4v) is 2.46. The van der Waals surface area contributed by atoms with E-state index in [2.05, 4.69) is 40.3 Å². The highest BCUT2D eigenvalue weighted by atomic mass is 32.1. The highest BCUT2D eigenvalue weighted by Gasteiger charge is 2.17. The molecule has 5 heteroatoms. The highest BCUT2D eigenvalue weighted by Crippen LogP contribution is 2.23. The molecule has 2 heterocycles. The molecule has 0 aliphatic heterocycles. The molecular formula is C11H16N4S. The van der Waals surface area contributed by atoms with E-state index in [4.69, 9.17) is 5.84 Å². The van der Waals surface area contributed by atoms with Gasteiger partial charge in [-0.25, -0.2) is 5.43 Å². The molecule has 0 saturated carbocycles. The third-order valence-electron chi connectivity index (χ3n) is 2.67. The van der Waals surface area contributed by atoms with Crippen molar-refractivity contribution in [3.8, 4) is 0 Å².